The van der Waals surface area contributed by atoms with Crippen molar-refractivity contribution in [1.29, 1.82) is 0 Å². The number of nitrogen functional groups attached to an aromatic ring is 1. The van der Waals surface area contributed by atoms with Crippen LogP contribution in [0.4, 0.5) is 52.0 Å². The maximum absolute atomic E-state index is 12.6. The summed E-state index contributed by atoms with van der Waals surface area (Å²) in [5, 5.41) is 20.2. The Morgan fingerprint density at radius 3 is 1.23 bits per heavy atom. The Balaban J connectivity index is 0.000000169. The zero-order valence-corrected chi connectivity index (χ0v) is 58.3. The van der Waals surface area contributed by atoms with Gasteiger partial charge in [0.25, 0.3) is 11.4 Å². The summed E-state index contributed by atoms with van der Waals surface area (Å²) >= 11 is 10.0. The Labute approximate surface area is 579 Å². The molecule has 0 aliphatic carbocycles. The fraction of sp³-hybridized carbons (Fsp3) is 0.465. The Kier molecular flexibility index (Phi) is 30.0. The number of hydrogen-bond acceptors (Lipinski definition) is 22. The number of anilines is 7. The molecule has 0 unspecified atom stereocenters. The molecule has 0 spiro atoms. The van der Waals surface area contributed by atoms with E-state index in [1.807, 2.05) is 62.5 Å². The third-order valence-corrected chi connectivity index (χ3v) is 17.3. The lowest BCUT2D eigenvalue weighted by atomic mass is 9.98. The van der Waals surface area contributed by atoms with Gasteiger partial charge in [0.05, 0.1) is 21.7 Å². The number of Topliss-reactive ketones (excluding diaryl/α,β-unsaturated/α-hetero) is 2. The SMILES string of the molecule is CC(=O)Cc1ccc(N2CCC2)nc1.CC(=O)Cl.Cc1ccc(CCC(=O)Cc2ccc(N3CCC3)nc2)c(N2CCC(C)CC2)n1.Cc1ccc(CN)c(N2CCC(C)CC2)n1.Nc1ccc(N2CCC2)nc1.O=[N+]([O-])c1ccc(Cl)nc1.O=[N+]([O-])c1ccc(N2CCC2)nc1. The molecule has 0 radical (unpaired) electrons. The summed E-state index contributed by atoms with van der Waals surface area (Å²) in [5.41, 5.74) is 18.5. The number of carbonyl (C=O) groups is 3. The highest BCUT2D eigenvalue weighted by Crippen LogP contribution is 2.29. The topological polar surface area (TPSA) is 299 Å². The third-order valence-electron chi connectivity index (χ3n) is 17.1. The molecule has 26 heteroatoms. The van der Waals surface area contributed by atoms with Gasteiger partial charge >= 0.3 is 0 Å². The van der Waals surface area contributed by atoms with Gasteiger partial charge in [-0.15, -0.1) is 0 Å². The van der Waals surface area contributed by atoms with E-state index in [9.17, 15) is 34.6 Å². The molecule has 0 amide bonds. The minimum atomic E-state index is -0.524. The maximum Gasteiger partial charge on any atom is 0.287 e. The molecule has 518 valence electrons. The number of aryl methyl sites for hydroxylation is 3. The molecular formula is C71H93Cl2N17O7. The van der Waals surface area contributed by atoms with E-state index in [2.05, 4.69) is 103 Å². The van der Waals surface area contributed by atoms with E-state index in [1.165, 1.54) is 93.8 Å². The number of piperidine rings is 2. The largest absolute Gasteiger partial charge is 0.397 e. The fourth-order valence-electron chi connectivity index (χ4n) is 10.7. The quantitative estimate of drug-likeness (QED) is 0.0393. The van der Waals surface area contributed by atoms with Crippen LogP contribution in [-0.4, -0.2) is 140 Å². The van der Waals surface area contributed by atoms with Gasteiger partial charge in [0, 0.05) is 153 Å². The van der Waals surface area contributed by atoms with Gasteiger partial charge in [0.15, 0.2) is 0 Å². The minimum absolute atomic E-state index is 0.0456. The first-order valence-electron chi connectivity index (χ1n) is 33.4. The standard InChI is InChI=1S/C24H32N4O.C13H21N3.C11H14N2O.C8H9N3O2.C8H11N3.C5H3ClN2O2.C2H3ClO/c1-18-10-14-28(15-11-18)24-21(6-4-19(2)26-24)7-8-22(29)16-20-5-9-23(25-17-20)27-12-3-13-27;1-10-5-7-16(8-6-10)13-12(9-14)4-3-11(2)15-13;1-9(14)7-10-3-4-11(12-8-10)13-5-2-6-13;12-11(13)7-2-3-8(9-6-7)10-4-1-5-10;9-7-2-3-8(10-6-7)11-4-1-5-11;6-5-2-1-4(3-7-5)8(9)10;1-2(3)4/h4-6,9,17-18H,3,7-8,10-16H2,1-2H3;3-4,10H,5-9,14H2,1-2H3;3-4,8H,2,5-7H2,1H3;2-3,6H,1,4-5H2;2-3,6H,1,4-5,9H2;1-3H;1H3. The van der Waals surface area contributed by atoms with Crippen molar-refractivity contribution in [3.63, 3.8) is 0 Å². The van der Waals surface area contributed by atoms with Gasteiger partial charge in [0.2, 0.25) is 5.24 Å². The molecule has 0 atom stereocenters. The number of aromatic nitrogens is 7. The average Bonchev–Trinajstić information content (AvgIpc) is 1.00. The molecule has 7 aromatic heterocycles. The van der Waals surface area contributed by atoms with Crippen LogP contribution in [0.2, 0.25) is 5.15 Å². The molecule has 0 aromatic carbocycles. The monoisotopic (exact) mass is 1370 g/mol. The molecule has 13 heterocycles. The Bertz CT molecular complexity index is 3600. The molecular weight excluding hydrogens is 1270 g/mol. The van der Waals surface area contributed by atoms with Crippen molar-refractivity contribution in [1.82, 2.24) is 34.9 Å². The van der Waals surface area contributed by atoms with Gasteiger partial charge in [-0.2, -0.15) is 0 Å². The molecule has 4 N–H and O–H groups in total. The van der Waals surface area contributed by atoms with Gasteiger partial charge in [-0.25, -0.2) is 34.9 Å². The lowest BCUT2D eigenvalue weighted by molar-refractivity contribution is -0.385. The number of nitrogens with two attached hydrogens (primary N) is 2. The lowest BCUT2D eigenvalue weighted by Crippen LogP contribution is -2.37. The number of hydrogen-bond donors (Lipinski definition) is 2. The molecule has 6 fully saturated rings. The van der Waals surface area contributed by atoms with Crippen molar-refractivity contribution in [3.8, 4) is 0 Å². The smallest absolute Gasteiger partial charge is 0.287 e. The van der Waals surface area contributed by atoms with Crippen LogP contribution >= 0.6 is 23.2 Å². The zero-order chi connectivity index (χ0) is 69.8. The van der Waals surface area contributed by atoms with E-state index in [0.29, 0.717) is 25.8 Å². The first-order valence-corrected chi connectivity index (χ1v) is 34.1. The maximum atomic E-state index is 12.6. The number of carbonyl (C=O) groups excluding carboxylic acids is 3. The summed E-state index contributed by atoms with van der Waals surface area (Å²) in [6, 6.07) is 26.2. The summed E-state index contributed by atoms with van der Waals surface area (Å²) < 4.78 is 0. The zero-order valence-electron chi connectivity index (χ0n) is 56.8. The Morgan fingerprint density at radius 1 is 0.505 bits per heavy atom. The molecule has 7 aromatic rings. The highest BCUT2D eigenvalue weighted by molar-refractivity contribution is 6.62. The van der Waals surface area contributed by atoms with Crippen molar-refractivity contribution in [2.75, 3.05) is 114 Å². The summed E-state index contributed by atoms with van der Waals surface area (Å²) in [4.78, 5) is 95.7. The van der Waals surface area contributed by atoms with Crippen molar-refractivity contribution in [3.05, 3.63) is 175 Å². The van der Waals surface area contributed by atoms with Gasteiger partial charge in [-0.3, -0.25) is 34.6 Å². The number of nitro groups is 2. The Hall–Kier alpha value is -9.00. The predicted octanol–water partition coefficient (Wildman–Crippen LogP) is 12.0. The lowest BCUT2D eigenvalue weighted by Gasteiger charge is -2.32. The van der Waals surface area contributed by atoms with Crippen LogP contribution < -0.4 is 40.9 Å². The normalized spacial score (nSPS) is 15.4. The number of halogens is 2. The molecule has 6 saturated heterocycles. The fourth-order valence-corrected chi connectivity index (χ4v) is 10.8. The second-order valence-electron chi connectivity index (χ2n) is 25.1. The van der Waals surface area contributed by atoms with Crippen LogP contribution in [0.3, 0.4) is 0 Å². The number of rotatable bonds is 16. The molecule has 6 aliphatic heterocycles. The first-order chi connectivity index (χ1) is 46.6. The summed E-state index contributed by atoms with van der Waals surface area (Å²) in [7, 11) is 0. The van der Waals surface area contributed by atoms with Crippen molar-refractivity contribution >= 4 is 92.0 Å². The van der Waals surface area contributed by atoms with Gasteiger partial charge in [-0.1, -0.05) is 49.7 Å². The summed E-state index contributed by atoms with van der Waals surface area (Å²) in [6.45, 7) is 25.2. The number of ketones is 2. The predicted molar refractivity (Wildman–Crippen MR) is 386 cm³/mol. The van der Waals surface area contributed by atoms with Crippen molar-refractivity contribution in [2.24, 2.45) is 17.6 Å². The summed E-state index contributed by atoms with van der Waals surface area (Å²) in [5.74, 6) is 8.22. The Morgan fingerprint density at radius 2 is 0.887 bits per heavy atom. The van der Waals surface area contributed by atoms with E-state index < -0.39 is 9.85 Å². The van der Waals surface area contributed by atoms with E-state index in [0.717, 1.165) is 166 Å². The summed E-state index contributed by atoms with van der Waals surface area (Å²) in [6.07, 6.45) is 20.0. The molecule has 24 nitrogen and oxygen atoms in total. The highest BCUT2D eigenvalue weighted by atomic mass is 35.5. The van der Waals surface area contributed by atoms with Crippen LogP contribution in [-0.2, 0) is 40.2 Å². The minimum Gasteiger partial charge on any atom is -0.397 e. The first kappa shape index (κ1) is 75.4. The van der Waals surface area contributed by atoms with Gasteiger partial charge < -0.3 is 40.9 Å². The van der Waals surface area contributed by atoms with Crippen LogP contribution in [0.25, 0.3) is 0 Å². The molecule has 97 heavy (non-hydrogen) atoms. The average molecular weight is 1370 g/mol. The van der Waals surface area contributed by atoms with E-state index in [-0.39, 0.29) is 33.3 Å². The van der Waals surface area contributed by atoms with E-state index in [1.54, 1.807) is 25.4 Å². The third kappa shape index (κ3) is 25.2. The number of pyridine rings is 7. The number of nitrogens with zero attached hydrogens (tertiary/aromatic N) is 15. The van der Waals surface area contributed by atoms with E-state index >= 15 is 0 Å². The van der Waals surface area contributed by atoms with Gasteiger partial charge in [0.1, 0.15) is 64.0 Å². The van der Waals surface area contributed by atoms with Crippen LogP contribution in [0.15, 0.2) is 116 Å². The molecule has 0 saturated carbocycles. The molecule has 13 rings (SSSR count). The van der Waals surface area contributed by atoms with Crippen LogP contribution in [0, 0.1) is 45.9 Å². The van der Waals surface area contributed by atoms with Crippen molar-refractivity contribution < 1.29 is 24.2 Å². The molecule has 0 bridgehead atoms. The highest BCUT2D eigenvalue weighted by Gasteiger charge is 2.23. The van der Waals surface area contributed by atoms with Crippen LogP contribution in [0.5, 0.6) is 0 Å². The second kappa shape index (κ2) is 38.7. The second-order valence-corrected chi connectivity index (χ2v) is 26.0. The van der Waals surface area contributed by atoms with Crippen LogP contribution in [0.1, 0.15) is 119 Å². The molecule has 6 aliphatic rings. The van der Waals surface area contributed by atoms with Crippen molar-refractivity contribution in [2.45, 2.75) is 125 Å². The van der Waals surface area contributed by atoms with E-state index in [4.69, 9.17) is 28.1 Å². The van der Waals surface area contributed by atoms with Gasteiger partial charge in [-0.05, 0) is 167 Å².